The number of rotatable bonds is 3. The molecule has 1 amide bonds. The number of carbonyl (C=O) groups is 1. The van der Waals surface area contributed by atoms with Gasteiger partial charge in [-0.3, -0.25) is 9.89 Å². The quantitative estimate of drug-likeness (QED) is 0.615. The molecule has 1 aliphatic carbocycles. The number of carbonyl (C=O) groups excluding carboxylic acids is 1. The van der Waals surface area contributed by atoms with Crippen LogP contribution in [-0.2, 0) is 0 Å². The van der Waals surface area contributed by atoms with Crippen LogP contribution in [0.15, 0.2) is 17.0 Å². The van der Waals surface area contributed by atoms with Gasteiger partial charge >= 0.3 is 0 Å². The van der Waals surface area contributed by atoms with E-state index < -0.39 is 0 Å². The van der Waals surface area contributed by atoms with Gasteiger partial charge in [-0.2, -0.15) is 10.2 Å². The normalized spacial score (nSPS) is 15.6. The Hall–Kier alpha value is -2.49. The van der Waals surface area contributed by atoms with E-state index in [0.29, 0.717) is 21.5 Å². The van der Waals surface area contributed by atoms with Crippen LogP contribution in [0.4, 0.5) is 11.6 Å². The first-order chi connectivity index (χ1) is 12.1. The van der Waals surface area contributed by atoms with Gasteiger partial charge in [0.2, 0.25) is 0 Å². The molecule has 4 N–H and O–H groups in total. The summed E-state index contributed by atoms with van der Waals surface area (Å²) in [5.41, 5.74) is 6.85. The number of H-pyrrole nitrogens is 1. The zero-order valence-corrected chi connectivity index (χ0v) is 15.0. The van der Waals surface area contributed by atoms with E-state index in [9.17, 15) is 4.79 Å². The molecule has 0 aromatic carbocycles. The number of fused-ring (bicyclic) bond motifs is 1. The maximum Gasteiger partial charge on any atom is 0.278 e. The number of halogens is 1. The van der Waals surface area contributed by atoms with Crippen LogP contribution in [0.3, 0.4) is 0 Å². The number of nitrogens with two attached hydrogens (primary N) is 1. The second-order valence-electron chi connectivity index (χ2n) is 6.10. The predicted molar refractivity (Wildman–Crippen MR) is 96.1 cm³/mol. The minimum absolute atomic E-state index is 0.220. The van der Waals surface area contributed by atoms with Gasteiger partial charge in [-0.15, -0.1) is 0 Å². The summed E-state index contributed by atoms with van der Waals surface area (Å²) in [5.74, 6) is 0.258. The Labute approximate surface area is 151 Å². The van der Waals surface area contributed by atoms with E-state index in [0.717, 1.165) is 25.7 Å². The lowest BCUT2D eigenvalue weighted by atomic mass is 9.96. The van der Waals surface area contributed by atoms with Crippen LogP contribution in [0, 0.1) is 0 Å². The standard InChI is InChI=1S/C15H17BrN8O/c16-9-6-10(22-21-9)20-15(25)12-11-13(17)18-7-19-14(11)24(23-12)8-4-2-1-3-5-8/h6-8H,1-5H2,(H2,17,18,19)(H2,20,21,22,25). The van der Waals surface area contributed by atoms with E-state index in [2.05, 4.69) is 46.5 Å². The SMILES string of the molecule is Nc1ncnc2c1c(C(=O)Nc1cc(Br)[nH]n1)nn2C1CCCCC1. The number of hydrogen-bond acceptors (Lipinski definition) is 6. The molecule has 9 nitrogen and oxygen atoms in total. The monoisotopic (exact) mass is 404 g/mol. The van der Waals surface area contributed by atoms with Crippen molar-refractivity contribution < 1.29 is 4.79 Å². The molecule has 130 valence electrons. The second kappa shape index (κ2) is 6.43. The first-order valence-corrected chi connectivity index (χ1v) is 8.93. The molecule has 0 spiro atoms. The van der Waals surface area contributed by atoms with E-state index in [1.807, 2.05) is 4.68 Å². The molecule has 4 rings (SSSR count). The Morgan fingerprint density at radius 1 is 1.32 bits per heavy atom. The molecule has 3 heterocycles. The summed E-state index contributed by atoms with van der Waals surface area (Å²) in [6.45, 7) is 0. The van der Waals surface area contributed by atoms with Crippen molar-refractivity contribution in [2.75, 3.05) is 11.1 Å². The molecule has 1 saturated carbocycles. The average molecular weight is 405 g/mol. The van der Waals surface area contributed by atoms with Gasteiger partial charge in [0.05, 0.1) is 11.4 Å². The largest absolute Gasteiger partial charge is 0.383 e. The Morgan fingerprint density at radius 3 is 2.84 bits per heavy atom. The maximum absolute atomic E-state index is 12.7. The third-order valence-electron chi connectivity index (χ3n) is 4.44. The molecule has 0 radical (unpaired) electrons. The molecule has 0 bridgehead atoms. The van der Waals surface area contributed by atoms with Gasteiger partial charge in [0.1, 0.15) is 16.7 Å². The maximum atomic E-state index is 12.7. The fraction of sp³-hybridized carbons (Fsp3) is 0.400. The Bertz CT molecular complexity index is 927. The van der Waals surface area contributed by atoms with Crippen LogP contribution in [0.1, 0.15) is 48.6 Å². The van der Waals surface area contributed by atoms with Gasteiger partial charge in [-0.1, -0.05) is 19.3 Å². The lowest BCUT2D eigenvalue weighted by Crippen LogP contribution is -2.17. The number of anilines is 2. The molecule has 1 fully saturated rings. The smallest absolute Gasteiger partial charge is 0.278 e. The van der Waals surface area contributed by atoms with Gasteiger partial charge in [0.25, 0.3) is 5.91 Å². The molecule has 1 aliphatic rings. The summed E-state index contributed by atoms with van der Waals surface area (Å²) in [7, 11) is 0. The highest BCUT2D eigenvalue weighted by Crippen LogP contribution is 2.32. The molecule has 0 saturated heterocycles. The van der Waals surface area contributed by atoms with E-state index >= 15 is 0 Å². The molecular formula is C15H17BrN8O. The third kappa shape index (κ3) is 2.97. The molecule has 3 aromatic rings. The van der Waals surface area contributed by atoms with Crippen molar-refractivity contribution in [2.24, 2.45) is 0 Å². The van der Waals surface area contributed by atoms with E-state index in [1.54, 1.807) is 6.07 Å². The van der Waals surface area contributed by atoms with Crippen molar-refractivity contribution >= 4 is 44.5 Å². The highest BCUT2D eigenvalue weighted by atomic mass is 79.9. The number of aromatic amines is 1. The van der Waals surface area contributed by atoms with Crippen LogP contribution in [0.25, 0.3) is 11.0 Å². The molecule has 0 aliphatic heterocycles. The lowest BCUT2D eigenvalue weighted by Gasteiger charge is -2.22. The molecule has 10 heteroatoms. The van der Waals surface area contributed by atoms with Gasteiger partial charge in [-0.05, 0) is 28.8 Å². The van der Waals surface area contributed by atoms with E-state index in [4.69, 9.17) is 5.73 Å². The summed E-state index contributed by atoms with van der Waals surface area (Å²) in [5, 5.41) is 14.4. The van der Waals surface area contributed by atoms with Gasteiger partial charge in [-0.25, -0.2) is 14.6 Å². The van der Waals surface area contributed by atoms with Crippen LogP contribution >= 0.6 is 15.9 Å². The lowest BCUT2D eigenvalue weighted by molar-refractivity contribution is 0.102. The number of aromatic nitrogens is 6. The Balaban J connectivity index is 1.76. The Kier molecular flexibility index (Phi) is 4.12. The van der Waals surface area contributed by atoms with Crippen molar-refractivity contribution in [3.8, 4) is 0 Å². The summed E-state index contributed by atoms with van der Waals surface area (Å²) < 4.78 is 2.50. The average Bonchev–Trinajstić information content (AvgIpc) is 3.20. The number of hydrogen-bond donors (Lipinski definition) is 3. The van der Waals surface area contributed by atoms with Crippen LogP contribution < -0.4 is 11.1 Å². The number of amides is 1. The first kappa shape index (κ1) is 16.0. The van der Waals surface area contributed by atoms with Gasteiger partial charge in [0.15, 0.2) is 17.2 Å². The zero-order chi connectivity index (χ0) is 17.4. The number of nitrogens with zero attached hydrogens (tertiary/aromatic N) is 5. The van der Waals surface area contributed by atoms with Crippen molar-refractivity contribution in [3.63, 3.8) is 0 Å². The van der Waals surface area contributed by atoms with E-state index in [-0.39, 0.29) is 23.5 Å². The van der Waals surface area contributed by atoms with Crippen molar-refractivity contribution in [2.45, 2.75) is 38.1 Å². The summed E-state index contributed by atoms with van der Waals surface area (Å²) >= 11 is 3.26. The zero-order valence-electron chi connectivity index (χ0n) is 13.4. The van der Waals surface area contributed by atoms with Crippen molar-refractivity contribution in [3.05, 3.63) is 22.7 Å². The summed E-state index contributed by atoms with van der Waals surface area (Å²) in [6, 6.07) is 1.89. The second-order valence-corrected chi connectivity index (χ2v) is 6.95. The first-order valence-electron chi connectivity index (χ1n) is 8.14. The van der Waals surface area contributed by atoms with E-state index in [1.165, 1.54) is 12.7 Å². The highest BCUT2D eigenvalue weighted by Gasteiger charge is 2.26. The third-order valence-corrected chi connectivity index (χ3v) is 4.85. The topological polar surface area (TPSA) is 127 Å². The molecular weight excluding hydrogens is 388 g/mol. The van der Waals surface area contributed by atoms with Crippen molar-refractivity contribution in [1.82, 2.24) is 29.9 Å². The van der Waals surface area contributed by atoms with Crippen molar-refractivity contribution in [1.29, 1.82) is 0 Å². The molecule has 0 unspecified atom stereocenters. The van der Waals surface area contributed by atoms with Crippen LogP contribution in [-0.4, -0.2) is 35.9 Å². The van der Waals surface area contributed by atoms with Crippen LogP contribution in [0.2, 0.25) is 0 Å². The minimum atomic E-state index is -0.389. The summed E-state index contributed by atoms with van der Waals surface area (Å²) in [6.07, 6.45) is 6.98. The van der Waals surface area contributed by atoms with Crippen LogP contribution in [0.5, 0.6) is 0 Å². The number of nitrogen functional groups attached to an aromatic ring is 1. The molecule has 0 atom stereocenters. The minimum Gasteiger partial charge on any atom is -0.383 e. The number of nitrogens with one attached hydrogen (secondary N) is 2. The van der Waals surface area contributed by atoms with Gasteiger partial charge < -0.3 is 11.1 Å². The highest BCUT2D eigenvalue weighted by molar-refractivity contribution is 9.10. The summed E-state index contributed by atoms with van der Waals surface area (Å²) in [4.78, 5) is 21.1. The predicted octanol–water partition coefficient (Wildman–Crippen LogP) is 2.65. The van der Waals surface area contributed by atoms with Gasteiger partial charge in [0, 0.05) is 6.07 Å². The fourth-order valence-corrected chi connectivity index (χ4v) is 3.58. The molecule has 3 aromatic heterocycles. The fourth-order valence-electron chi connectivity index (χ4n) is 3.27. The Morgan fingerprint density at radius 2 is 2.12 bits per heavy atom. The molecule has 25 heavy (non-hydrogen) atoms.